The average molecular weight is 145 g/mol. The second kappa shape index (κ2) is 2.51. The van der Waals surface area contributed by atoms with Crippen LogP contribution in [-0.2, 0) is 6.42 Å². The molecule has 0 aliphatic heterocycles. The van der Waals surface area contributed by atoms with Crippen molar-refractivity contribution < 1.29 is 0 Å². The highest BCUT2D eigenvalue weighted by Crippen LogP contribution is 2.21. The molecule has 2 rings (SSSR count). The molecule has 1 aromatic carbocycles. The second-order valence-electron chi connectivity index (χ2n) is 2.86. The van der Waals surface area contributed by atoms with Gasteiger partial charge >= 0.3 is 0 Å². The van der Waals surface area contributed by atoms with E-state index < -0.39 is 0 Å². The first-order valence-corrected chi connectivity index (χ1v) is 3.88. The fourth-order valence-corrected chi connectivity index (χ4v) is 1.49. The predicted octanol–water partition coefficient (Wildman–Crippen LogP) is 1.80. The zero-order valence-electron chi connectivity index (χ0n) is 6.33. The molecule has 0 radical (unpaired) electrons. The lowest BCUT2D eigenvalue weighted by molar-refractivity contribution is 0.864. The van der Waals surface area contributed by atoms with Gasteiger partial charge in [-0.1, -0.05) is 36.4 Å². The molecule has 1 aliphatic rings. The van der Waals surface area contributed by atoms with Gasteiger partial charge in [0.05, 0.1) is 0 Å². The van der Waals surface area contributed by atoms with Crippen molar-refractivity contribution in [3.63, 3.8) is 0 Å². The lowest BCUT2D eigenvalue weighted by atomic mass is 9.94. The van der Waals surface area contributed by atoms with Crippen LogP contribution in [0.3, 0.4) is 0 Å². The van der Waals surface area contributed by atoms with Crippen LogP contribution in [0.1, 0.15) is 17.2 Å². The Balaban J connectivity index is 2.50. The summed E-state index contributed by atoms with van der Waals surface area (Å²) in [5.74, 6) is 0. The van der Waals surface area contributed by atoms with Crippen molar-refractivity contribution in [1.29, 1.82) is 0 Å². The molecule has 0 saturated carbocycles. The van der Waals surface area contributed by atoms with Crippen LogP contribution < -0.4 is 5.73 Å². The maximum atomic E-state index is 5.86. The van der Waals surface area contributed by atoms with Gasteiger partial charge in [0.1, 0.15) is 0 Å². The molecule has 0 bridgehead atoms. The van der Waals surface area contributed by atoms with Gasteiger partial charge in [-0.15, -0.1) is 0 Å². The summed E-state index contributed by atoms with van der Waals surface area (Å²) in [6.45, 7) is 0. The molecule has 0 amide bonds. The highest BCUT2D eigenvalue weighted by atomic mass is 14.6. The zero-order chi connectivity index (χ0) is 7.68. The summed E-state index contributed by atoms with van der Waals surface area (Å²) in [5.41, 5.74) is 8.50. The molecule has 1 nitrogen and oxygen atoms in total. The molecule has 2 N–H and O–H groups in total. The summed E-state index contributed by atoms with van der Waals surface area (Å²) in [5, 5.41) is 0. The van der Waals surface area contributed by atoms with E-state index in [1.165, 1.54) is 11.1 Å². The monoisotopic (exact) mass is 145 g/mol. The smallest absolute Gasteiger partial charge is 0.0484 e. The Morgan fingerprint density at radius 2 is 2.09 bits per heavy atom. The minimum absolute atomic E-state index is 0.111. The van der Waals surface area contributed by atoms with Gasteiger partial charge in [-0.3, -0.25) is 0 Å². The van der Waals surface area contributed by atoms with Crippen molar-refractivity contribution in [2.24, 2.45) is 5.73 Å². The Morgan fingerprint density at radius 3 is 2.91 bits per heavy atom. The second-order valence-corrected chi connectivity index (χ2v) is 2.86. The number of rotatable bonds is 0. The first-order chi connectivity index (χ1) is 5.38. The fraction of sp³-hybridized carbons (Fsp3) is 0.200. The summed E-state index contributed by atoms with van der Waals surface area (Å²) in [7, 11) is 0. The maximum Gasteiger partial charge on any atom is 0.0484 e. The van der Waals surface area contributed by atoms with Crippen LogP contribution in [0.5, 0.6) is 0 Å². The van der Waals surface area contributed by atoms with E-state index in [0.29, 0.717) is 0 Å². The molecule has 0 fully saturated rings. The molecular formula is C10H11N. The minimum Gasteiger partial charge on any atom is -0.321 e. The Morgan fingerprint density at radius 1 is 1.27 bits per heavy atom. The Hall–Kier alpha value is -1.08. The van der Waals surface area contributed by atoms with Crippen molar-refractivity contribution in [3.8, 4) is 0 Å². The van der Waals surface area contributed by atoms with Crippen molar-refractivity contribution in [3.05, 3.63) is 47.5 Å². The largest absolute Gasteiger partial charge is 0.321 e. The number of fused-ring (bicyclic) bond motifs is 1. The SMILES string of the molecule is NC1C=CCc2ccccc21. The molecule has 1 heteroatoms. The third-order valence-electron chi connectivity index (χ3n) is 2.10. The van der Waals surface area contributed by atoms with E-state index in [4.69, 9.17) is 5.73 Å². The van der Waals surface area contributed by atoms with E-state index in [0.717, 1.165) is 6.42 Å². The van der Waals surface area contributed by atoms with Gasteiger partial charge in [0, 0.05) is 6.04 Å². The Kier molecular flexibility index (Phi) is 1.51. The molecular weight excluding hydrogens is 134 g/mol. The number of hydrogen-bond acceptors (Lipinski definition) is 1. The lowest BCUT2D eigenvalue weighted by Crippen LogP contribution is -2.12. The highest BCUT2D eigenvalue weighted by Gasteiger charge is 2.09. The lowest BCUT2D eigenvalue weighted by Gasteiger charge is -2.16. The summed E-state index contributed by atoms with van der Waals surface area (Å²) in [4.78, 5) is 0. The molecule has 11 heavy (non-hydrogen) atoms. The van der Waals surface area contributed by atoms with E-state index in [2.05, 4.69) is 30.4 Å². The third-order valence-corrected chi connectivity index (χ3v) is 2.10. The molecule has 56 valence electrons. The predicted molar refractivity (Wildman–Crippen MR) is 46.2 cm³/mol. The normalized spacial score (nSPS) is 21.4. The number of allylic oxidation sites excluding steroid dienone is 1. The van der Waals surface area contributed by atoms with Gasteiger partial charge in [-0.2, -0.15) is 0 Å². The molecule has 0 saturated heterocycles. The van der Waals surface area contributed by atoms with Crippen LogP contribution in [0.4, 0.5) is 0 Å². The number of nitrogens with two attached hydrogens (primary N) is 1. The van der Waals surface area contributed by atoms with E-state index in [1.807, 2.05) is 6.07 Å². The summed E-state index contributed by atoms with van der Waals surface area (Å²) >= 11 is 0. The summed E-state index contributed by atoms with van der Waals surface area (Å²) < 4.78 is 0. The number of benzene rings is 1. The summed E-state index contributed by atoms with van der Waals surface area (Å²) in [6.07, 6.45) is 5.22. The van der Waals surface area contributed by atoms with E-state index in [1.54, 1.807) is 0 Å². The van der Waals surface area contributed by atoms with E-state index in [-0.39, 0.29) is 6.04 Å². The Bertz CT molecular complexity index is 289. The van der Waals surface area contributed by atoms with Gasteiger partial charge in [-0.25, -0.2) is 0 Å². The van der Waals surface area contributed by atoms with Crippen LogP contribution in [0, 0.1) is 0 Å². The van der Waals surface area contributed by atoms with E-state index in [9.17, 15) is 0 Å². The fourth-order valence-electron chi connectivity index (χ4n) is 1.49. The van der Waals surface area contributed by atoms with Crippen molar-refractivity contribution in [2.45, 2.75) is 12.5 Å². The zero-order valence-corrected chi connectivity index (χ0v) is 6.33. The first kappa shape index (κ1) is 6.62. The van der Waals surface area contributed by atoms with Gasteiger partial charge < -0.3 is 5.73 Å². The molecule has 1 atom stereocenters. The van der Waals surface area contributed by atoms with Crippen molar-refractivity contribution in [2.75, 3.05) is 0 Å². The van der Waals surface area contributed by atoms with Gasteiger partial charge in [0.15, 0.2) is 0 Å². The standard InChI is InChI=1S/C10H11N/c11-10-7-3-5-8-4-1-2-6-9(8)10/h1-4,6-7,10H,5,11H2. The molecule has 1 unspecified atom stereocenters. The van der Waals surface area contributed by atoms with Gasteiger partial charge in [-0.05, 0) is 17.5 Å². The van der Waals surface area contributed by atoms with Crippen molar-refractivity contribution >= 4 is 0 Å². The van der Waals surface area contributed by atoms with Crippen LogP contribution >= 0.6 is 0 Å². The average Bonchev–Trinajstić information content (AvgIpc) is 2.06. The van der Waals surface area contributed by atoms with Crippen LogP contribution in [-0.4, -0.2) is 0 Å². The minimum atomic E-state index is 0.111. The van der Waals surface area contributed by atoms with Crippen LogP contribution in [0.15, 0.2) is 36.4 Å². The third kappa shape index (κ3) is 1.08. The van der Waals surface area contributed by atoms with Gasteiger partial charge in [0.2, 0.25) is 0 Å². The van der Waals surface area contributed by atoms with E-state index >= 15 is 0 Å². The molecule has 0 aromatic heterocycles. The molecule has 1 aromatic rings. The molecule has 1 aliphatic carbocycles. The van der Waals surface area contributed by atoms with Crippen LogP contribution in [0.2, 0.25) is 0 Å². The van der Waals surface area contributed by atoms with Crippen molar-refractivity contribution in [1.82, 2.24) is 0 Å². The quantitative estimate of drug-likeness (QED) is 0.553. The molecule has 0 spiro atoms. The van der Waals surface area contributed by atoms with Crippen LogP contribution in [0.25, 0.3) is 0 Å². The topological polar surface area (TPSA) is 26.0 Å². The first-order valence-electron chi connectivity index (χ1n) is 3.88. The number of hydrogen-bond donors (Lipinski definition) is 1. The Labute approximate surface area is 66.5 Å². The highest BCUT2D eigenvalue weighted by molar-refractivity contribution is 5.36. The molecule has 0 heterocycles. The summed E-state index contributed by atoms with van der Waals surface area (Å²) in [6, 6.07) is 8.45. The maximum absolute atomic E-state index is 5.86. The van der Waals surface area contributed by atoms with Gasteiger partial charge in [0.25, 0.3) is 0 Å².